The van der Waals surface area contributed by atoms with Crippen molar-refractivity contribution in [2.75, 3.05) is 0 Å². The quantitative estimate of drug-likeness (QED) is 0.248. The van der Waals surface area contributed by atoms with Gasteiger partial charge in [-0.3, -0.25) is 9.59 Å². The molecule has 1 aliphatic heterocycles. The molecule has 0 saturated carbocycles. The van der Waals surface area contributed by atoms with Gasteiger partial charge in [0.2, 0.25) is 11.8 Å². The zero-order valence-electron chi connectivity index (χ0n) is 5.09. The predicted molar refractivity (Wildman–Crippen MR) is 24.5 cm³/mol. The molecular weight excluding hydrogens is 117 g/mol. The van der Waals surface area contributed by atoms with E-state index in [4.69, 9.17) is 0 Å². The molecule has 0 aromatic rings. The molecule has 44 valence electrons. The smallest absolute Gasteiger partial charge is 0.750 e. The number of hydroxylamine groups is 2. The molecule has 1 saturated heterocycles. The van der Waals surface area contributed by atoms with Crippen LogP contribution in [-0.2, 0) is 9.59 Å². The molecule has 1 fully saturated rings. The summed E-state index contributed by atoms with van der Waals surface area (Å²) in [6, 6.07) is 0. The topological polar surface area (TPSA) is 60.4 Å². The predicted octanol–water partition coefficient (Wildman–Crippen LogP) is -3.36. The van der Waals surface area contributed by atoms with Gasteiger partial charge >= 0.3 is 18.9 Å². The Kier molecular flexibility index (Phi) is 2.92. The first-order chi connectivity index (χ1) is 3.72. The number of amides is 2. The van der Waals surface area contributed by atoms with Crippen molar-refractivity contribution in [3.63, 3.8) is 0 Å². The maximum Gasteiger partial charge on any atom is 1.00 e. The number of imide groups is 1. The summed E-state index contributed by atoms with van der Waals surface area (Å²) in [5.74, 6) is -1.23. The summed E-state index contributed by atoms with van der Waals surface area (Å²) in [5, 5.41) is 10.0. The van der Waals surface area contributed by atoms with Crippen LogP contribution in [0.1, 0.15) is 12.8 Å². The molecular formula is C4H4LiNO3. The molecule has 1 aliphatic rings. The van der Waals surface area contributed by atoms with Gasteiger partial charge in [0.1, 0.15) is 0 Å². The first-order valence-corrected chi connectivity index (χ1v) is 2.25. The largest absolute Gasteiger partial charge is 1.00 e. The second-order valence-electron chi connectivity index (χ2n) is 1.58. The average molecular weight is 121 g/mol. The minimum Gasteiger partial charge on any atom is -0.750 e. The van der Waals surface area contributed by atoms with Gasteiger partial charge in [-0.05, 0) is 0 Å². The van der Waals surface area contributed by atoms with E-state index >= 15 is 0 Å². The maximum absolute atomic E-state index is 10.2. The fourth-order valence-electron chi connectivity index (χ4n) is 0.556. The van der Waals surface area contributed by atoms with E-state index in [0.29, 0.717) is 0 Å². The SMILES string of the molecule is O=C1CCC(=O)N1[O-].[Li+]. The standard InChI is InChI=1S/C4H4NO3.Li/c6-3-1-2-4(7)5(3)8;/h1-2H2;/q-1;+1. The number of hydrogen-bond acceptors (Lipinski definition) is 3. The van der Waals surface area contributed by atoms with Crippen LogP contribution in [0.25, 0.3) is 0 Å². The van der Waals surface area contributed by atoms with Gasteiger partial charge in [-0.25, -0.2) is 0 Å². The number of nitrogens with zero attached hydrogens (tertiary/aromatic N) is 1. The van der Waals surface area contributed by atoms with Crippen molar-refractivity contribution in [2.45, 2.75) is 12.8 Å². The Bertz CT molecular complexity index is 131. The second-order valence-corrected chi connectivity index (χ2v) is 1.58. The summed E-state index contributed by atoms with van der Waals surface area (Å²) < 4.78 is 0. The third-order valence-electron chi connectivity index (χ3n) is 1.01. The first kappa shape index (κ1) is 8.70. The van der Waals surface area contributed by atoms with E-state index in [1.54, 1.807) is 0 Å². The van der Waals surface area contributed by atoms with Crippen molar-refractivity contribution < 1.29 is 28.4 Å². The molecule has 1 heterocycles. The van der Waals surface area contributed by atoms with Crippen LogP contribution < -0.4 is 18.9 Å². The molecule has 2 amide bonds. The average Bonchev–Trinajstić information content (AvgIpc) is 1.98. The zero-order chi connectivity index (χ0) is 6.15. The van der Waals surface area contributed by atoms with Crippen LogP contribution in [0.5, 0.6) is 0 Å². The Hall–Kier alpha value is -0.303. The Morgan fingerprint density at radius 3 is 1.67 bits per heavy atom. The number of carbonyl (C=O) groups is 2. The summed E-state index contributed by atoms with van der Waals surface area (Å²) in [5.41, 5.74) is 0. The summed E-state index contributed by atoms with van der Waals surface area (Å²) in [6.45, 7) is 0. The monoisotopic (exact) mass is 121 g/mol. The Balaban J connectivity index is 0.000000640. The van der Waals surface area contributed by atoms with E-state index in [0.717, 1.165) is 0 Å². The molecule has 0 N–H and O–H groups in total. The maximum atomic E-state index is 10.2. The van der Waals surface area contributed by atoms with Gasteiger partial charge in [0.25, 0.3) is 0 Å². The van der Waals surface area contributed by atoms with Gasteiger partial charge < -0.3 is 10.3 Å². The van der Waals surface area contributed by atoms with Crippen molar-refractivity contribution >= 4 is 11.8 Å². The van der Waals surface area contributed by atoms with Crippen molar-refractivity contribution in [1.82, 2.24) is 5.06 Å². The normalized spacial score (nSPS) is 18.1. The van der Waals surface area contributed by atoms with Crippen LogP contribution in [0, 0.1) is 5.21 Å². The second kappa shape index (κ2) is 3.02. The van der Waals surface area contributed by atoms with Gasteiger partial charge in [0.15, 0.2) is 0 Å². The van der Waals surface area contributed by atoms with E-state index < -0.39 is 11.8 Å². The van der Waals surface area contributed by atoms with Gasteiger partial charge in [-0.15, -0.1) is 0 Å². The van der Waals surface area contributed by atoms with Crippen LogP contribution in [0.15, 0.2) is 0 Å². The van der Waals surface area contributed by atoms with Crippen molar-refractivity contribution in [1.29, 1.82) is 0 Å². The van der Waals surface area contributed by atoms with Crippen molar-refractivity contribution in [3.8, 4) is 0 Å². The minimum absolute atomic E-state index is 0. The molecule has 5 heteroatoms. The minimum atomic E-state index is -0.616. The molecule has 0 aromatic heterocycles. The fraction of sp³-hybridized carbons (Fsp3) is 0.500. The molecule has 0 atom stereocenters. The Morgan fingerprint density at radius 2 is 1.56 bits per heavy atom. The zero-order valence-corrected chi connectivity index (χ0v) is 5.09. The van der Waals surface area contributed by atoms with Crippen LogP contribution in [0.4, 0.5) is 0 Å². The Labute approximate surface area is 64.0 Å². The molecule has 1 rings (SSSR count). The summed E-state index contributed by atoms with van der Waals surface area (Å²) in [6.07, 6.45) is 0.171. The Morgan fingerprint density at radius 1 is 1.22 bits per heavy atom. The summed E-state index contributed by atoms with van der Waals surface area (Å²) in [7, 11) is 0. The van der Waals surface area contributed by atoms with Crippen LogP contribution >= 0.6 is 0 Å². The third-order valence-corrected chi connectivity index (χ3v) is 1.01. The van der Waals surface area contributed by atoms with E-state index in [1.165, 1.54) is 0 Å². The molecule has 0 spiro atoms. The van der Waals surface area contributed by atoms with Gasteiger partial charge in [-0.1, -0.05) is 0 Å². The molecule has 0 aliphatic carbocycles. The summed E-state index contributed by atoms with van der Waals surface area (Å²) >= 11 is 0. The van der Waals surface area contributed by atoms with Crippen LogP contribution in [0.3, 0.4) is 0 Å². The molecule has 0 unspecified atom stereocenters. The van der Waals surface area contributed by atoms with Crippen molar-refractivity contribution in [2.24, 2.45) is 0 Å². The van der Waals surface area contributed by atoms with Gasteiger partial charge in [-0.2, -0.15) is 0 Å². The fourth-order valence-corrected chi connectivity index (χ4v) is 0.556. The molecule has 0 radical (unpaired) electrons. The molecule has 4 nitrogen and oxygen atoms in total. The van der Waals surface area contributed by atoms with E-state index in [-0.39, 0.29) is 36.8 Å². The molecule has 0 bridgehead atoms. The number of hydrogen-bond donors (Lipinski definition) is 0. The van der Waals surface area contributed by atoms with Gasteiger partial charge in [0.05, 0.1) is 0 Å². The number of carbonyl (C=O) groups excluding carboxylic acids is 2. The van der Waals surface area contributed by atoms with E-state index in [1.807, 2.05) is 0 Å². The van der Waals surface area contributed by atoms with E-state index in [9.17, 15) is 14.8 Å². The van der Waals surface area contributed by atoms with Crippen LogP contribution in [-0.4, -0.2) is 16.9 Å². The first-order valence-electron chi connectivity index (χ1n) is 2.25. The molecule has 9 heavy (non-hydrogen) atoms. The van der Waals surface area contributed by atoms with Crippen LogP contribution in [0.2, 0.25) is 0 Å². The third kappa shape index (κ3) is 1.55. The van der Waals surface area contributed by atoms with Crippen molar-refractivity contribution in [3.05, 3.63) is 5.21 Å². The molecule has 0 aromatic carbocycles. The van der Waals surface area contributed by atoms with E-state index in [2.05, 4.69) is 0 Å². The van der Waals surface area contributed by atoms with Gasteiger partial charge in [0, 0.05) is 12.8 Å². The number of rotatable bonds is 0. The summed E-state index contributed by atoms with van der Waals surface area (Å²) in [4.78, 5) is 20.4.